The van der Waals surface area contributed by atoms with Crippen LogP contribution in [0.1, 0.15) is 22.5 Å². The highest BCUT2D eigenvalue weighted by molar-refractivity contribution is 9.10. The second kappa shape index (κ2) is 6.05. The van der Waals surface area contributed by atoms with E-state index in [1.165, 1.54) is 11.3 Å². The normalized spacial score (nSPS) is 16.5. The Balaban J connectivity index is 1.95. The summed E-state index contributed by atoms with van der Waals surface area (Å²) in [4.78, 5) is 28.4. The molecule has 2 amide bonds. The minimum absolute atomic E-state index is 0.0610. The van der Waals surface area contributed by atoms with Crippen LogP contribution in [0.5, 0.6) is 0 Å². The van der Waals surface area contributed by atoms with Gasteiger partial charge >= 0.3 is 0 Å². The molecule has 0 saturated carbocycles. The van der Waals surface area contributed by atoms with Crippen molar-refractivity contribution in [1.82, 2.24) is 9.80 Å². The van der Waals surface area contributed by atoms with E-state index in [4.69, 9.17) is 0 Å². The van der Waals surface area contributed by atoms with Gasteiger partial charge in [-0.15, -0.1) is 11.3 Å². The van der Waals surface area contributed by atoms with E-state index in [0.29, 0.717) is 13.1 Å². The lowest BCUT2D eigenvalue weighted by molar-refractivity contribution is -0.134. The first-order chi connectivity index (χ1) is 9.00. The predicted octanol–water partition coefficient (Wildman–Crippen LogP) is 2.45. The Bertz CT molecular complexity index is 479. The molecule has 1 aromatic heterocycles. The zero-order valence-electron chi connectivity index (χ0n) is 11.1. The summed E-state index contributed by atoms with van der Waals surface area (Å²) in [6, 6.07) is 1.89. The third-order valence-electron chi connectivity index (χ3n) is 3.38. The lowest BCUT2D eigenvalue weighted by atomic mass is 9.95. The molecule has 1 fully saturated rings. The summed E-state index contributed by atoms with van der Waals surface area (Å²) in [6.45, 7) is 1.32. The van der Waals surface area contributed by atoms with Gasteiger partial charge in [-0.05, 0) is 40.2 Å². The van der Waals surface area contributed by atoms with Crippen molar-refractivity contribution in [3.8, 4) is 0 Å². The van der Waals surface area contributed by atoms with Gasteiger partial charge in [0, 0.05) is 37.6 Å². The Morgan fingerprint density at radius 2 is 2.00 bits per heavy atom. The average molecular weight is 345 g/mol. The van der Waals surface area contributed by atoms with E-state index in [9.17, 15) is 9.59 Å². The molecule has 1 aromatic rings. The van der Waals surface area contributed by atoms with E-state index >= 15 is 0 Å². The molecule has 0 radical (unpaired) electrons. The molecule has 1 aliphatic heterocycles. The average Bonchev–Trinajstić information content (AvgIpc) is 2.83. The molecule has 2 heterocycles. The molecular weight excluding hydrogens is 328 g/mol. The van der Waals surface area contributed by atoms with Gasteiger partial charge in [-0.3, -0.25) is 9.59 Å². The Hall–Kier alpha value is -0.880. The van der Waals surface area contributed by atoms with Crippen LogP contribution in [-0.4, -0.2) is 48.8 Å². The van der Waals surface area contributed by atoms with Crippen LogP contribution >= 0.6 is 27.3 Å². The fraction of sp³-hybridized carbons (Fsp3) is 0.538. The van der Waals surface area contributed by atoms with Crippen LogP contribution in [-0.2, 0) is 4.79 Å². The fourth-order valence-corrected chi connectivity index (χ4v) is 3.79. The standard InChI is InChI=1S/C13H17BrN2O2S/c1-15(2)12(17)9-3-6-16(7-4-9)13(18)11-10(14)5-8-19-11/h5,8-9H,3-4,6-7H2,1-2H3. The first kappa shape index (κ1) is 14.5. The number of hydrogen-bond acceptors (Lipinski definition) is 3. The highest BCUT2D eigenvalue weighted by atomic mass is 79.9. The van der Waals surface area contributed by atoms with Gasteiger partial charge in [0.05, 0.1) is 0 Å². The van der Waals surface area contributed by atoms with Crippen LogP contribution in [0.25, 0.3) is 0 Å². The summed E-state index contributed by atoms with van der Waals surface area (Å²) in [5, 5.41) is 1.90. The molecule has 1 aliphatic rings. The Labute approximate surface area is 125 Å². The number of thiophene rings is 1. The number of amides is 2. The Kier molecular flexibility index (Phi) is 4.62. The molecule has 2 rings (SSSR count). The molecule has 0 spiro atoms. The summed E-state index contributed by atoms with van der Waals surface area (Å²) < 4.78 is 0.856. The summed E-state index contributed by atoms with van der Waals surface area (Å²) in [7, 11) is 3.56. The lowest BCUT2D eigenvalue weighted by Crippen LogP contribution is -2.42. The van der Waals surface area contributed by atoms with Crippen molar-refractivity contribution in [2.75, 3.05) is 27.2 Å². The van der Waals surface area contributed by atoms with Gasteiger partial charge in [-0.1, -0.05) is 0 Å². The number of likely N-dealkylation sites (tertiary alicyclic amines) is 1. The van der Waals surface area contributed by atoms with Crippen molar-refractivity contribution < 1.29 is 9.59 Å². The van der Waals surface area contributed by atoms with Crippen LogP contribution in [0.2, 0.25) is 0 Å². The van der Waals surface area contributed by atoms with Gasteiger partial charge in [-0.2, -0.15) is 0 Å². The zero-order valence-corrected chi connectivity index (χ0v) is 13.5. The van der Waals surface area contributed by atoms with E-state index in [1.54, 1.807) is 19.0 Å². The molecule has 0 aromatic carbocycles. The first-order valence-electron chi connectivity index (χ1n) is 6.24. The maximum absolute atomic E-state index is 12.3. The van der Waals surface area contributed by atoms with Crippen molar-refractivity contribution in [2.45, 2.75) is 12.8 Å². The Morgan fingerprint density at radius 3 is 2.47 bits per heavy atom. The zero-order chi connectivity index (χ0) is 14.0. The molecule has 104 valence electrons. The van der Waals surface area contributed by atoms with Crippen LogP contribution in [0.3, 0.4) is 0 Å². The number of piperidine rings is 1. The van der Waals surface area contributed by atoms with Gasteiger partial charge in [0.1, 0.15) is 4.88 Å². The smallest absolute Gasteiger partial charge is 0.265 e. The monoisotopic (exact) mass is 344 g/mol. The molecule has 0 aliphatic carbocycles. The topological polar surface area (TPSA) is 40.6 Å². The summed E-state index contributed by atoms with van der Waals surface area (Å²) >= 11 is 4.84. The van der Waals surface area contributed by atoms with Crippen LogP contribution in [0.4, 0.5) is 0 Å². The molecule has 19 heavy (non-hydrogen) atoms. The van der Waals surface area contributed by atoms with Crippen molar-refractivity contribution in [3.05, 3.63) is 20.8 Å². The number of carbonyl (C=O) groups excluding carboxylic acids is 2. The number of rotatable bonds is 2. The molecule has 4 nitrogen and oxygen atoms in total. The third kappa shape index (κ3) is 3.17. The number of halogens is 1. The highest BCUT2D eigenvalue weighted by Gasteiger charge is 2.29. The molecule has 1 saturated heterocycles. The van der Waals surface area contributed by atoms with Crippen LogP contribution in [0, 0.1) is 5.92 Å². The first-order valence-corrected chi connectivity index (χ1v) is 7.91. The van der Waals surface area contributed by atoms with E-state index in [1.807, 2.05) is 16.3 Å². The maximum atomic E-state index is 12.3. The molecule has 0 atom stereocenters. The second-order valence-electron chi connectivity index (χ2n) is 4.90. The van der Waals surface area contributed by atoms with Crippen LogP contribution in [0.15, 0.2) is 15.9 Å². The van der Waals surface area contributed by atoms with Gasteiger partial charge in [0.25, 0.3) is 5.91 Å². The Morgan fingerprint density at radius 1 is 1.37 bits per heavy atom. The van der Waals surface area contributed by atoms with E-state index < -0.39 is 0 Å². The van der Waals surface area contributed by atoms with Gasteiger partial charge in [-0.25, -0.2) is 0 Å². The molecule has 6 heteroatoms. The third-order valence-corrected chi connectivity index (χ3v) is 5.21. The summed E-state index contributed by atoms with van der Waals surface area (Å²) in [6.07, 6.45) is 1.51. The van der Waals surface area contributed by atoms with Crippen molar-refractivity contribution >= 4 is 39.1 Å². The molecule has 0 unspecified atom stereocenters. The van der Waals surface area contributed by atoms with Gasteiger partial charge in [0.2, 0.25) is 5.91 Å². The minimum Gasteiger partial charge on any atom is -0.349 e. The lowest BCUT2D eigenvalue weighted by Gasteiger charge is -2.32. The molecular formula is C13H17BrN2O2S. The van der Waals surface area contributed by atoms with E-state index in [0.717, 1.165) is 22.2 Å². The quantitative estimate of drug-likeness (QED) is 0.826. The largest absolute Gasteiger partial charge is 0.349 e. The number of nitrogens with zero attached hydrogens (tertiary/aromatic N) is 2. The van der Waals surface area contributed by atoms with Crippen LogP contribution < -0.4 is 0 Å². The fourth-order valence-electron chi connectivity index (χ4n) is 2.28. The predicted molar refractivity (Wildman–Crippen MR) is 79.3 cm³/mol. The van der Waals surface area contributed by atoms with E-state index in [2.05, 4.69) is 15.9 Å². The van der Waals surface area contributed by atoms with Gasteiger partial charge < -0.3 is 9.80 Å². The highest BCUT2D eigenvalue weighted by Crippen LogP contribution is 2.27. The van der Waals surface area contributed by atoms with Crippen molar-refractivity contribution in [1.29, 1.82) is 0 Å². The summed E-state index contributed by atoms with van der Waals surface area (Å²) in [5.74, 6) is 0.299. The summed E-state index contributed by atoms with van der Waals surface area (Å²) in [5.41, 5.74) is 0. The SMILES string of the molecule is CN(C)C(=O)C1CCN(C(=O)c2sccc2Br)CC1. The molecule has 0 N–H and O–H groups in total. The maximum Gasteiger partial charge on any atom is 0.265 e. The van der Waals surface area contributed by atoms with Crippen molar-refractivity contribution in [3.63, 3.8) is 0 Å². The van der Waals surface area contributed by atoms with E-state index in [-0.39, 0.29) is 17.7 Å². The van der Waals surface area contributed by atoms with Gasteiger partial charge in [0.15, 0.2) is 0 Å². The molecule has 0 bridgehead atoms. The number of hydrogen-bond donors (Lipinski definition) is 0. The number of carbonyl (C=O) groups is 2. The van der Waals surface area contributed by atoms with Crippen molar-refractivity contribution in [2.24, 2.45) is 5.92 Å². The second-order valence-corrected chi connectivity index (χ2v) is 6.67. The minimum atomic E-state index is 0.0610.